The molecule has 0 aromatic heterocycles. The molecule has 3 heteroatoms. The van der Waals surface area contributed by atoms with Crippen LogP contribution in [0.5, 0.6) is 0 Å². The fraction of sp³-hybridized carbons (Fsp3) is 0.391. The summed E-state index contributed by atoms with van der Waals surface area (Å²) < 4.78 is 0. The molecule has 0 radical (unpaired) electrons. The third-order valence-corrected chi connectivity index (χ3v) is 5.82. The Labute approximate surface area is 167 Å². The number of hydrogen-bond acceptors (Lipinski definition) is 1. The average Bonchev–Trinajstić information content (AvgIpc) is 2.56. The normalized spacial score (nSPS) is 13.9. The third kappa shape index (κ3) is 5.86. The van der Waals surface area contributed by atoms with Gasteiger partial charge in [-0.15, -0.1) is 9.24 Å². The summed E-state index contributed by atoms with van der Waals surface area (Å²) in [6.07, 6.45) is 4.34. The highest BCUT2D eigenvalue weighted by molar-refractivity contribution is 7.27. The summed E-state index contributed by atoms with van der Waals surface area (Å²) >= 11 is 6.14. The second-order valence-electron chi connectivity index (χ2n) is 7.48. The molecule has 1 nitrogen and oxygen atoms in total. The minimum Gasteiger partial charge on any atom is -0.374 e. The fourth-order valence-electron chi connectivity index (χ4n) is 3.13. The molecule has 1 rings (SSSR count). The maximum Gasteiger partial charge on any atom is 0.0412 e. The van der Waals surface area contributed by atoms with Crippen LogP contribution < -0.4 is 5.30 Å². The van der Waals surface area contributed by atoms with Gasteiger partial charge in [0.25, 0.3) is 0 Å². The van der Waals surface area contributed by atoms with Crippen molar-refractivity contribution in [2.45, 2.75) is 40.5 Å². The highest BCUT2D eigenvalue weighted by Crippen LogP contribution is 2.33. The van der Waals surface area contributed by atoms with Crippen molar-refractivity contribution in [1.29, 1.82) is 0 Å². The van der Waals surface area contributed by atoms with Gasteiger partial charge in [-0.1, -0.05) is 63.2 Å². The van der Waals surface area contributed by atoms with Crippen LogP contribution in [0, 0.1) is 5.41 Å². The summed E-state index contributed by atoms with van der Waals surface area (Å²) in [6.45, 7) is 22.3. The summed E-state index contributed by atoms with van der Waals surface area (Å²) in [5.41, 5.74) is 5.38. The van der Waals surface area contributed by atoms with Gasteiger partial charge in [0.1, 0.15) is 0 Å². The zero-order valence-electron chi connectivity index (χ0n) is 17.0. The highest BCUT2D eigenvalue weighted by atomic mass is 35.5. The molecule has 0 heterocycles. The first-order chi connectivity index (χ1) is 12.0. The number of halogens is 1. The van der Waals surface area contributed by atoms with Crippen molar-refractivity contribution in [3.63, 3.8) is 0 Å². The monoisotopic (exact) mass is 389 g/mol. The van der Waals surface area contributed by atoms with Crippen LogP contribution in [0.4, 0.5) is 0 Å². The van der Waals surface area contributed by atoms with Gasteiger partial charge in [-0.05, 0) is 60.5 Å². The van der Waals surface area contributed by atoms with E-state index in [1.807, 2.05) is 18.2 Å². The quantitative estimate of drug-likeness (QED) is 0.260. The van der Waals surface area contributed by atoms with E-state index in [4.69, 9.17) is 11.6 Å². The van der Waals surface area contributed by atoms with Gasteiger partial charge < -0.3 is 4.90 Å². The molecule has 0 aliphatic carbocycles. The number of likely N-dealkylation sites (N-methyl/N-ethyl adjacent to an activating group) is 1. The Bertz CT molecular complexity index is 732. The Hall–Kier alpha value is -1.30. The molecule has 0 amide bonds. The zero-order chi connectivity index (χ0) is 20.1. The van der Waals surface area contributed by atoms with Crippen molar-refractivity contribution < 1.29 is 0 Å². The molecule has 26 heavy (non-hydrogen) atoms. The lowest BCUT2D eigenvalue weighted by molar-refractivity contribution is 0.251. The molecule has 0 N–H and O–H groups in total. The lowest BCUT2D eigenvalue weighted by atomic mass is 9.79. The van der Waals surface area contributed by atoms with Gasteiger partial charge in [0, 0.05) is 29.7 Å². The highest BCUT2D eigenvalue weighted by Gasteiger charge is 2.26. The standard InChI is InChI=1S/C23H33ClNP/c1-9-12-23(7,16(2)3)15-25(8)19(6)17(4)13-18(5)21-14-20(24)10-11-22(21)26/h10-11,13-14H,2,5-6,9,12,15,26H2,1,3-4,7-8H3/b17-13-. The molecular weight excluding hydrogens is 357 g/mol. The molecule has 0 saturated carbocycles. The molecular formula is C23H33ClNP. The molecule has 142 valence electrons. The van der Waals surface area contributed by atoms with Crippen molar-refractivity contribution in [2.24, 2.45) is 5.41 Å². The van der Waals surface area contributed by atoms with E-state index in [9.17, 15) is 0 Å². The number of nitrogens with zero attached hydrogens (tertiary/aromatic N) is 1. The van der Waals surface area contributed by atoms with Crippen LogP contribution in [0.2, 0.25) is 5.02 Å². The molecule has 0 fully saturated rings. The number of hydrogen-bond donors (Lipinski definition) is 0. The minimum absolute atomic E-state index is 0.0872. The minimum atomic E-state index is 0.0872. The van der Waals surface area contributed by atoms with E-state index in [2.05, 4.69) is 74.7 Å². The molecule has 0 bridgehead atoms. The van der Waals surface area contributed by atoms with Crippen molar-refractivity contribution in [1.82, 2.24) is 4.90 Å². The maximum absolute atomic E-state index is 6.14. The molecule has 0 aliphatic heterocycles. The predicted molar refractivity (Wildman–Crippen MR) is 123 cm³/mol. The molecule has 0 saturated heterocycles. The summed E-state index contributed by atoms with van der Waals surface area (Å²) in [7, 11) is 4.83. The van der Waals surface area contributed by atoms with Crippen LogP contribution in [-0.4, -0.2) is 18.5 Å². The van der Waals surface area contributed by atoms with E-state index in [0.29, 0.717) is 5.02 Å². The van der Waals surface area contributed by atoms with Gasteiger partial charge in [0.15, 0.2) is 0 Å². The van der Waals surface area contributed by atoms with E-state index >= 15 is 0 Å². The molecule has 1 aromatic carbocycles. The molecule has 2 unspecified atom stereocenters. The Balaban J connectivity index is 2.97. The molecule has 0 aliphatic rings. The van der Waals surface area contributed by atoms with E-state index in [1.54, 1.807) is 0 Å². The largest absolute Gasteiger partial charge is 0.374 e. The Kier molecular flexibility index (Phi) is 8.38. The maximum atomic E-state index is 6.14. The summed E-state index contributed by atoms with van der Waals surface area (Å²) in [6, 6.07) is 5.82. The van der Waals surface area contributed by atoms with Crippen LogP contribution in [0.15, 0.2) is 60.9 Å². The first-order valence-corrected chi connectivity index (χ1v) is 9.96. The first kappa shape index (κ1) is 22.7. The lowest BCUT2D eigenvalue weighted by Crippen LogP contribution is -2.33. The lowest BCUT2D eigenvalue weighted by Gasteiger charge is -2.36. The second kappa shape index (κ2) is 9.58. The van der Waals surface area contributed by atoms with Gasteiger partial charge in [-0.2, -0.15) is 0 Å². The van der Waals surface area contributed by atoms with Crippen molar-refractivity contribution in [3.8, 4) is 0 Å². The summed E-state index contributed by atoms with van der Waals surface area (Å²) in [5, 5.41) is 1.80. The zero-order valence-corrected chi connectivity index (χ0v) is 18.9. The summed E-state index contributed by atoms with van der Waals surface area (Å²) in [4.78, 5) is 2.23. The van der Waals surface area contributed by atoms with Gasteiger partial charge in [-0.3, -0.25) is 0 Å². The smallest absolute Gasteiger partial charge is 0.0412 e. The molecule has 0 spiro atoms. The topological polar surface area (TPSA) is 3.24 Å². The van der Waals surface area contributed by atoms with Crippen LogP contribution in [0.1, 0.15) is 46.1 Å². The van der Waals surface area contributed by atoms with Crippen LogP contribution in [0.25, 0.3) is 5.57 Å². The van der Waals surface area contributed by atoms with E-state index in [0.717, 1.165) is 47.1 Å². The molecule has 1 aromatic rings. The van der Waals surface area contributed by atoms with Crippen LogP contribution >= 0.6 is 20.8 Å². The van der Waals surface area contributed by atoms with Gasteiger partial charge in [0.2, 0.25) is 0 Å². The summed E-state index contributed by atoms with van der Waals surface area (Å²) in [5.74, 6) is 0. The van der Waals surface area contributed by atoms with E-state index in [-0.39, 0.29) is 5.41 Å². The van der Waals surface area contributed by atoms with Crippen molar-refractivity contribution >= 4 is 31.7 Å². The Morgan fingerprint density at radius 1 is 1.27 bits per heavy atom. The van der Waals surface area contributed by atoms with Crippen LogP contribution in [-0.2, 0) is 0 Å². The number of benzene rings is 1. The number of rotatable bonds is 9. The first-order valence-electron chi connectivity index (χ1n) is 9.00. The molecule has 2 atom stereocenters. The Morgan fingerprint density at radius 3 is 2.42 bits per heavy atom. The Morgan fingerprint density at radius 2 is 1.88 bits per heavy atom. The number of allylic oxidation sites excluding steroid dienone is 3. The van der Waals surface area contributed by atoms with Gasteiger partial charge in [0.05, 0.1) is 0 Å². The van der Waals surface area contributed by atoms with Crippen molar-refractivity contribution in [3.05, 3.63) is 71.4 Å². The van der Waals surface area contributed by atoms with Gasteiger partial charge in [-0.25, -0.2) is 0 Å². The average molecular weight is 390 g/mol. The fourth-order valence-corrected chi connectivity index (χ4v) is 3.67. The van der Waals surface area contributed by atoms with Crippen molar-refractivity contribution in [2.75, 3.05) is 13.6 Å². The van der Waals surface area contributed by atoms with E-state index < -0.39 is 0 Å². The van der Waals surface area contributed by atoms with Crippen LogP contribution in [0.3, 0.4) is 0 Å². The second-order valence-corrected chi connectivity index (χ2v) is 8.54. The van der Waals surface area contributed by atoms with E-state index in [1.165, 1.54) is 5.57 Å². The predicted octanol–water partition coefficient (Wildman–Crippen LogP) is 6.63. The SMILES string of the molecule is C=C(/C=C(/C)C(=C)N(C)CC(C)(CCC)C(=C)C)c1cc(Cl)ccc1P. The third-order valence-electron chi connectivity index (χ3n) is 5.09. The van der Waals surface area contributed by atoms with Gasteiger partial charge >= 0.3 is 0 Å².